The van der Waals surface area contributed by atoms with Gasteiger partial charge in [-0.05, 0) is 17.7 Å². The van der Waals surface area contributed by atoms with Crippen LogP contribution in [0.5, 0.6) is 5.75 Å². The number of benzene rings is 1. The molecule has 0 aliphatic rings. The van der Waals surface area contributed by atoms with E-state index in [2.05, 4.69) is 5.32 Å². The van der Waals surface area contributed by atoms with Gasteiger partial charge in [-0.25, -0.2) is 0 Å². The van der Waals surface area contributed by atoms with E-state index in [0.29, 0.717) is 5.56 Å². The first-order valence-electron chi connectivity index (χ1n) is 6.66. The van der Waals surface area contributed by atoms with Crippen molar-refractivity contribution >= 4 is 11.7 Å². The summed E-state index contributed by atoms with van der Waals surface area (Å²) in [6.45, 7) is 3.68. The van der Waals surface area contributed by atoms with Crippen molar-refractivity contribution in [1.82, 2.24) is 5.32 Å². The van der Waals surface area contributed by atoms with E-state index in [1.54, 1.807) is 26.0 Å². The van der Waals surface area contributed by atoms with Gasteiger partial charge >= 0.3 is 0 Å². The zero-order valence-electron chi connectivity index (χ0n) is 11.8. The number of ketones is 1. The van der Waals surface area contributed by atoms with Crippen LogP contribution < -0.4 is 5.32 Å². The molecule has 0 radical (unpaired) electrons. The van der Waals surface area contributed by atoms with Crippen LogP contribution in [-0.4, -0.2) is 28.4 Å². The Kier molecular flexibility index (Phi) is 6.18. The van der Waals surface area contributed by atoms with Crippen molar-refractivity contribution in [2.75, 3.05) is 6.54 Å². The number of amides is 1. The number of carbonyl (C=O) groups is 2. The Morgan fingerprint density at radius 2 is 1.75 bits per heavy atom. The van der Waals surface area contributed by atoms with Crippen molar-refractivity contribution in [3.05, 3.63) is 29.8 Å². The first-order chi connectivity index (χ1) is 9.40. The third-order valence-electron chi connectivity index (χ3n) is 3.01. The number of phenols is 1. The van der Waals surface area contributed by atoms with Crippen LogP contribution in [0.15, 0.2) is 24.3 Å². The van der Waals surface area contributed by atoms with Gasteiger partial charge in [0, 0.05) is 25.3 Å². The highest BCUT2D eigenvalue weighted by Crippen LogP contribution is 2.16. The Balaban J connectivity index is 2.33. The van der Waals surface area contributed by atoms with Crippen LogP contribution >= 0.6 is 0 Å². The average molecular weight is 279 g/mol. The van der Waals surface area contributed by atoms with Gasteiger partial charge in [-0.1, -0.05) is 26.0 Å². The van der Waals surface area contributed by atoms with E-state index < -0.39 is 6.10 Å². The highest BCUT2D eigenvalue weighted by molar-refractivity contribution is 5.85. The molecular weight excluding hydrogens is 258 g/mol. The molecule has 0 bridgehead atoms. The lowest BCUT2D eigenvalue weighted by Gasteiger charge is -2.12. The predicted molar refractivity (Wildman–Crippen MR) is 75.2 cm³/mol. The van der Waals surface area contributed by atoms with Crippen molar-refractivity contribution in [1.29, 1.82) is 0 Å². The van der Waals surface area contributed by atoms with Gasteiger partial charge in [0.1, 0.15) is 11.5 Å². The number of Topliss-reactive ketones (excluding diaryl/α,β-unsaturated/α-hetero) is 1. The summed E-state index contributed by atoms with van der Waals surface area (Å²) in [6.07, 6.45) is -0.474. The van der Waals surface area contributed by atoms with E-state index >= 15 is 0 Å². The van der Waals surface area contributed by atoms with Gasteiger partial charge in [0.15, 0.2) is 0 Å². The Labute approximate surface area is 118 Å². The van der Waals surface area contributed by atoms with Crippen LogP contribution in [-0.2, 0) is 9.59 Å². The number of rotatable bonds is 7. The number of nitrogens with one attached hydrogen (secondary N) is 1. The monoisotopic (exact) mass is 279 g/mol. The Hall–Kier alpha value is -1.88. The quantitative estimate of drug-likeness (QED) is 0.706. The van der Waals surface area contributed by atoms with Crippen LogP contribution in [0.4, 0.5) is 0 Å². The van der Waals surface area contributed by atoms with E-state index in [1.807, 2.05) is 0 Å². The fraction of sp³-hybridized carbons (Fsp3) is 0.467. The van der Waals surface area contributed by atoms with Crippen molar-refractivity contribution in [2.24, 2.45) is 5.92 Å². The summed E-state index contributed by atoms with van der Waals surface area (Å²) < 4.78 is 0. The molecule has 1 rings (SSSR count). The van der Waals surface area contributed by atoms with Crippen LogP contribution in [0.1, 0.15) is 38.4 Å². The predicted octanol–water partition coefficient (Wildman–Crippen LogP) is 1.55. The summed E-state index contributed by atoms with van der Waals surface area (Å²) >= 11 is 0. The second-order valence-corrected chi connectivity index (χ2v) is 5.03. The molecule has 20 heavy (non-hydrogen) atoms. The van der Waals surface area contributed by atoms with E-state index in [4.69, 9.17) is 5.11 Å². The molecule has 5 nitrogen and oxygen atoms in total. The molecule has 3 N–H and O–H groups in total. The number of carbonyl (C=O) groups excluding carboxylic acids is 2. The number of aliphatic hydroxyl groups excluding tert-OH is 1. The highest BCUT2D eigenvalue weighted by atomic mass is 16.3. The molecule has 1 aromatic carbocycles. The molecule has 5 heteroatoms. The largest absolute Gasteiger partial charge is 0.508 e. The first kappa shape index (κ1) is 16.2. The zero-order chi connectivity index (χ0) is 15.1. The Morgan fingerprint density at radius 1 is 1.15 bits per heavy atom. The molecule has 0 aromatic heterocycles. The number of aliphatic hydroxyl groups is 1. The van der Waals surface area contributed by atoms with Crippen LogP contribution in [0.25, 0.3) is 0 Å². The number of aromatic hydroxyl groups is 1. The van der Waals surface area contributed by atoms with Crippen LogP contribution in [0.3, 0.4) is 0 Å². The standard InChI is InChI=1S/C15H21NO4/c1-10(2)13(18)7-8-15(20)16-9-14(19)11-3-5-12(17)6-4-11/h3-6,10,14,17,19H,7-9H2,1-2H3,(H,16,20). The van der Waals surface area contributed by atoms with E-state index in [1.165, 1.54) is 12.1 Å². The van der Waals surface area contributed by atoms with Crippen molar-refractivity contribution in [3.8, 4) is 5.75 Å². The van der Waals surface area contributed by atoms with Crippen molar-refractivity contribution in [2.45, 2.75) is 32.8 Å². The maximum Gasteiger partial charge on any atom is 0.220 e. The lowest BCUT2D eigenvalue weighted by molar-refractivity contribution is -0.127. The molecule has 110 valence electrons. The maximum atomic E-state index is 11.5. The molecule has 1 aromatic rings. The van der Waals surface area contributed by atoms with E-state index in [-0.39, 0.29) is 42.7 Å². The molecule has 0 fully saturated rings. The summed E-state index contributed by atoms with van der Waals surface area (Å²) in [5, 5.41) is 21.6. The molecule has 0 aliphatic heterocycles. The van der Waals surface area contributed by atoms with E-state index in [0.717, 1.165) is 0 Å². The van der Waals surface area contributed by atoms with Crippen LogP contribution in [0.2, 0.25) is 0 Å². The molecule has 1 unspecified atom stereocenters. The maximum absolute atomic E-state index is 11.5. The average Bonchev–Trinajstić information content (AvgIpc) is 2.42. The van der Waals surface area contributed by atoms with Gasteiger partial charge in [-0.15, -0.1) is 0 Å². The fourth-order valence-corrected chi connectivity index (χ4v) is 1.64. The molecule has 1 atom stereocenters. The van der Waals surface area contributed by atoms with Gasteiger partial charge in [-0.2, -0.15) is 0 Å². The fourth-order valence-electron chi connectivity index (χ4n) is 1.64. The highest BCUT2D eigenvalue weighted by Gasteiger charge is 2.12. The SMILES string of the molecule is CC(C)C(=O)CCC(=O)NCC(O)c1ccc(O)cc1. The summed E-state index contributed by atoms with van der Waals surface area (Å²) in [4.78, 5) is 22.9. The van der Waals surface area contributed by atoms with E-state index in [9.17, 15) is 14.7 Å². The molecule has 1 amide bonds. The minimum Gasteiger partial charge on any atom is -0.508 e. The second-order valence-electron chi connectivity index (χ2n) is 5.03. The summed E-state index contributed by atoms with van der Waals surface area (Å²) in [5.74, 6) is -0.140. The third kappa shape index (κ3) is 5.40. The molecule has 0 aliphatic carbocycles. The van der Waals surface area contributed by atoms with Gasteiger partial charge < -0.3 is 15.5 Å². The number of hydrogen-bond donors (Lipinski definition) is 3. The molecule has 0 heterocycles. The van der Waals surface area contributed by atoms with Gasteiger partial charge in [0.25, 0.3) is 0 Å². The molecule has 0 saturated heterocycles. The number of hydrogen-bond acceptors (Lipinski definition) is 4. The minimum atomic E-state index is -0.833. The Morgan fingerprint density at radius 3 is 2.30 bits per heavy atom. The normalized spacial score (nSPS) is 12.2. The Bertz CT molecular complexity index is 453. The van der Waals surface area contributed by atoms with Crippen molar-refractivity contribution in [3.63, 3.8) is 0 Å². The summed E-state index contributed by atoms with van der Waals surface area (Å²) in [7, 11) is 0. The first-order valence-corrected chi connectivity index (χ1v) is 6.66. The third-order valence-corrected chi connectivity index (χ3v) is 3.01. The lowest BCUT2D eigenvalue weighted by atomic mass is 10.0. The lowest BCUT2D eigenvalue weighted by Crippen LogP contribution is -2.28. The summed E-state index contributed by atoms with van der Waals surface area (Å²) in [6, 6.07) is 6.13. The smallest absolute Gasteiger partial charge is 0.220 e. The topological polar surface area (TPSA) is 86.6 Å². The number of phenolic OH excluding ortho intramolecular Hbond substituents is 1. The van der Waals surface area contributed by atoms with Gasteiger partial charge in [0.05, 0.1) is 6.10 Å². The second kappa shape index (κ2) is 7.65. The van der Waals surface area contributed by atoms with Crippen LogP contribution in [0, 0.1) is 5.92 Å². The molecule has 0 saturated carbocycles. The molecular formula is C15H21NO4. The van der Waals surface area contributed by atoms with Crippen molar-refractivity contribution < 1.29 is 19.8 Å². The minimum absolute atomic E-state index is 0.0548. The van der Waals surface area contributed by atoms with Gasteiger partial charge in [-0.3, -0.25) is 9.59 Å². The summed E-state index contributed by atoms with van der Waals surface area (Å²) in [5.41, 5.74) is 0.612. The molecule has 0 spiro atoms. The zero-order valence-corrected chi connectivity index (χ0v) is 11.8. The van der Waals surface area contributed by atoms with Gasteiger partial charge in [0.2, 0.25) is 5.91 Å².